The number of rotatable bonds is 7. The highest BCUT2D eigenvalue weighted by Gasteiger charge is 2.23. The lowest BCUT2D eigenvalue weighted by Crippen LogP contribution is -2.30. The number of aromatic nitrogens is 2. The van der Waals surface area contributed by atoms with Crippen molar-refractivity contribution in [3.8, 4) is 0 Å². The normalized spacial score (nSPS) is 21.1. The van der Waals surface area contributed by atoms with Crippen LogP contribution >= 0.6 is 0 Å². The first-order valence-corrected chi connectivity index (χ1v) is 6.71. The molecular formula is C12H22N4O2. The fourth-order valence-electron chi connectivity index (χ4n) is 2.04. The summed E-state index contributed by atoms with van der Waals surface area (Å²) in [6.07, 6.45) is 3.56. The Balaban J connectivity index is 1.78. The van der Waals surface area contributed by atoms with Gasteiger partial charge in [0.2, 0.25) is 5.89 Å². The van der Waals surface area contributed by atoms with Gasteiger partial charge in [0.1, 0.15) is 0 Å². The minimum atomic E-state index is 0.199. The minimum Gasteiger partial charge on any atom is -0.407 e. The molecule has 0 aliphatic carbocycles. The van der Waals surface area contributed by atoms with E-state index in [1.807, 2.05) is 0 Å². The van der Waals surface area contributed by atoms with E-state index in [1.165, 1.54) is 0 Å². The average molecular weight is 254 g/mol. The van der Waals surface area contributed by atoms with Crippen LogP contribution in [0.15, 0.2) is 4.42 Å². The summed E-state index contributed by atoms with van der Waals surface area (Å²) in [6.45, 7) is 6.63. The first-order valence-electron chi connectivity index (χ1n) is 6.71. The van der Waals surface area contributed by atoms with Gasteiger partial charge in [-0.3, -0.25) is 0 Å². The van der Waals surface area contributed by atoms with Crippen LogP contribution in [0.4, 0.5) is 6.01 Å². The van der Waals surface area contributed by atoms with E-state index in [4.69, 9.17) is 9.15 Å². The van der Waals surface area contributed by atoms with Gasteiger partial charge in [0, 0.05) is 6.61 Å². The van der Waals surface area contributed by atoms with E-state index in [1.54, 1.807) is 0 Å². The Kier molecular flexibility index (Phi) is 4.95. The molecule has 2 N–H and O–H groups in total. The number of hydrogen-bond acceptors (Lipinski definition) is 6. The van der Waals surface area contributed by atoms with Crippen LogP contribution in [0.5, 0.6) is 0 Å². The second-order valence-electron chi connectivity index (χ2n) is 4.66. The number of hydrogen-bond donors (Lipinski definition) is 2. The zero-order chi connectivity index (χ0) is 12.8. The first-order chi connectivity index (χ1) is 8.79. The molecule has 0 saturated carbocycles. The van der Waals surface area contributed by atoms with E-state index in [0.29, 0.717) is 18.5 Å². The minimum absolute atomic E-state index is 0.199. The van der Waals surface area contributed by atoms with Crippen LogP contribution < -0.4 is 10.6 Å². The lowest BCUT2D eigenvalue weighted by molar-refractivity contribution is 0.0989. The zero-order valence-electron chi connectivity index (χ0n) is 11.1. The molecule has 2 atom stereocenters. The van der Waals surface area contributed by atoms with Crippen LogP contribution in [0.3, 0.4) is 0 Å². The van der Waals surface area contributed by atoms with E-state index in [-0.39, 0.29) is 12.1 Å². The van der Waals surface area contributed by atoms with Crippen LogP contribution in [0.2, 0.25) is 0 Å². The zero-order valence-corrected chi connectivity index (χ0v) is 11.1. The van der Waals surface area contributed by atoms with E-state index in [0.717, 1.165) is 32.4 Å². The van der Waals surface area contributed by atoms with Crippen LogP contribution in [-0.2, 0) is 11.3 Å². The second kappa shape index (κ2) is 6.70. The Morgan fingerprint density at radius 2 is 2.33 bits per heavy atom. The first kappa shape index (κ1) is 13.3. The Labute approximate surface area is 107 Å². The highest BCUT2D eigenvalue weighted by Crippen LogP contribution is 2.18. The van der Waals surface area contributed by atoms with Gasteiger partial charge in [-0.25, -0.2) is 0 Å². The largest absolute Gasteiger partial charge is 0.407 e. The molecular weight excluding hydrogens is 232 g/mol. The number of nitrogens with one attached hydrogen (secondary N) is 2. The van der Waals surface area contributed by atoms with Gasteiger partial charge >= 0.3 is 6.01 Å². The third-order valence-corrected chi connectivity index (χ3v) is 3.04. The monoisotopic (exact) mass is 254 g/mol. The quantitative estimate of drug-likeness (QED) is 0.719. The molecule has 2 heterocycles. The predicted octanol–water partition coefficient (Wildman–Crippen LogP) is 1.55. The van der Waals surface area contributed by atoms with Gasteiger partial charge in [-0.15, -0.1) is 5.10 Å². The summed E-state index contributed by atoms with van der Waals surface area (Å²) in [6, 6.07) is 0.677. The smallest absolute Gasteiger partial charge is 0.315 e. The third-order valence-electron chi connectivity index (χ3n) is 3.04. The van der Waals surface area contributed by atoms with Crippen LogP contribution in [0, 0.1) is 0 Å². The van der Waals surface area contributed by atoms with Gasteiger partial charge in [-0.05, 0) is 32.7 Å². The highest BCUT2D eigenvalue weighted by atomic mass is 16.5. The molecule has 2 unspecified atom stereocenters. The van der Waals surface area contributed by atoms with Crippen molar-refractivity contribution >= 4 is 6.01 Å². The molecule has 0 bridgehead atoms. The summed E-state index contributed by atoms with van der Waals surface area (Å²) in [7, 11) is 0. The molecule has 0 spiro atoms. The molecule has 0 amide bonds. The van der Waals surface area contributed by atoms with Crippen LogP contribution in [0.1, 0.15) is 39.0 Å². The molecule has 1 fully saturated rings. The summed E-state index contributed by atoms with van der Waals surface area (Å²) in [5.74, 6) is 0.616. The SMILES string of the molecule is CCCNCc1nnc(NC(C)C2CCCO2)o1. The van der Waals surface area contributed by atoms with Crippen molar-refractivity contribution in [2.45, 2.75) is 51.8 Å². The number of nitrogens with zero attached hydrogens (tertiary/aromatic N) is 2. The fourth-order valence-corrected chi connectivity index (χ4v) is 2.04. The maximum atomic E-state index is 5.61. The fraction of sp³-hybridized carbons (Fsp3) is 0.833. The molecule has 2 rings (SSSR count). The maximum absolute atomic E-state index is 5.61. The molecule has 1 aromatic rings. The van der Waals surface area contributed by atoms with Crippen LogP contribution in [-0.4, -0.2) is 35.5 Å². The Hall–Kier alpha value is -1.14. The molecule has 1 aliphatic rings. The van der Waals surface area contributed by atoms with Gasteiger partial charge in [-0.2, -0.15) is 0 Å². The third kappa shape index (κ3) is 3.68. The number of ether oxygens (including phenoxy) is 1. The molecule has 6 heteroatoms. The van der Waals surface area contributed by atoms with Crippen molar-refractivity contribution < 1.29 is 9.15 Å². The van der Waals surface area contributed by atoms with Crippen molar-refractivity contribution in [3.63, 3.8) is 0 Å². The van der Waals surface area contributed by atoms with Gasteiger partial charge in [-0.1, -0.05) is 12.0 Å². The van der Waals surface area contributed by atoms with E-state index in [2.05, 4.69) is 34.7 Å². The summed E-state index contributed by atoms with van der Waals surface area (Å²) in [5, 5.41) is 14.4. The molecule has 1 aromatic heterocycles. The topological polar surface area (TPSA) is 72.2 Å². The van der Waals surface area contributed by atoms with Gasteiger partial charge < -0.3 is 19.8 Å². The molecule has 18 heavy (non-hydrogen) atoms. The van der Waals surface area contributed by atoms with Crippen molar-refractivity contribution in [3.05, 3.63) is 5.89 Å². The van der Waals surface area contributed by atoms with Gasteiger partial charge in [0.15, 0.2) is 0 Å². The highest BCUT2D eigenvalue weighted by molar-refractivity contribution is 5.19. The summed E-state index contributed by atoms with van der Waals surface area (Å²) >= 11 is 0. The standard InChI is InChI=1S/C12H22N4O2/c1-3-6-13-8-11-15-16-12(18-11)14-9(2)10-5-4-7-17-10/h9-10,13H,3-8H2,1-2H3,(H,14,16). The molecule has 102 valence electrons. The van der Waals surface area contributed by atoms with Crippen molar-refractivity contribution in [2.75, 3.05) is 18.5 Å². The summed E-state index contributed by atoms with van der Waals surface area (Å²) in [4.78, 5) is 0. The van der Waals surface area contributed by atoms with E-state index in [9.17, 15) is 0 Å². The molecule has 0 aromatic carbocycles. The molecule has 1 aliphatic heterocycles. The van der Waals surface area contributed by atoms with Crippen LogP contribution in [0.25, 0.3) is 0 Å². The van der Waals surface area contributed by atoms with E-state index >= 15 is 0 Å². The lowest BCUT2D eigenvalue weighted by atomic mass is 10.1. The van der Waals surface area contributed by atoms with Crippen molar-refractivity contribution in [2.24, 2.45) is 0 Å². The Morgan fingerprint density at radius 3 is 3.06 bits per heavy atom. The molecule has 6 nitrogen and oxygen atoms in total. The molecule has 1 saturated heterocycles. The molecule has 0 radical (unpaired) electrons. The Morgan fingerprint density at radius 1 is 1.44 bits per heavy atom. The van der Waals surface area contributed by atoms with Crippen molar-refractivity contribution in [1.82, 2.24) is 15.5 Å². The summed E-state index contributed by atoms with van der Waals surface area (Å²) in [5.41, 5.74) is 0. The number of anilines is 1. The summed E-state index contributed by atoms with van der Waals surface area (Å²) < 4.78 is 11.1. The average Bonchev–Trinajstić information content (AvgIpc) is 3.00. The predicted molar refractivity (Wildman–Crippen MR) is 68.4 cm³/mol. The Bertz CT molecular complexity index is 350. The maximum Gasteiger partial charge on any atom is 0.315 e. The van der Waals surface area contributed by atoms with Gasteiger partial charge in [0.25, 0.3) is 0 Å². The van der Waals surface area contributed by atoms with E-state index < -0.39 is 0 Å². The lowest BCUT2D eigenvalue weighted by Gasteiger charge is -2.18. The van der Waals surface area contributed by atoms with Gasteiger partial charge in [0.05, 0.1) is 18.7 Å². The van der Waals surface area contributed by atoms with Crippen molar-refractivity contribution in [1.29, 1.82) is 0 Å². The second-order valence-corrected chi connectivity index (χ2v) is 4.66.